The number of sulfonamides is 1. The van der Waals surface area contributed by atoms with Crippen LogP contribution < -0.4 is 4.72 Å². The molecule has 0 unspecified atom stereocenters. The molecule has 116 valence electrons. The highest BCUT2D eigenvalue weighted by Gasteiger charge is 2.10. The van der Waals surface area contributed by atoms with E-state index in [0.29, 0.717) is 0 Å². The maximum absolute atomic E-state index is 11.6. The van der Waals surface area contributed by atoms with Crippen molar-refractivity contribution in [2.45, 2.75) is 91.0 Å². The van der Waals surface area contributed by atoms with Crippen LogP contribution in [0.3, 0.4) is 0 Å². The maximum atomic E-state index is 11.6. The molecule has 0 aromatic rings. The number of hydrogen-bond donors (Lipinski definition) is 1. The van der Waals surface area contributed by atoms with E-state index >= 15 is 0 Å². The zero-order valence-electron chi connectivity index (χ0n) is 13.1. The van der Waals surface area contributed by atoms with Gasteiger partial charge in [-0.2, -0.15) is 0 Å². The molecular formula is C15H33NO2S. The van der Waals surface area contributed by atoms with Crippen LogP contribution in [-0.2, 0) is 10.0 Å². The Labute approximate surface area is 120 Å². The first-order valence-electron chi connectivity index (χ1n) is 7.98. The standard InChI is InChI=1S/C15H33NO2S/c1-4-5-6-7-8-9-10-11-12-13-14-19(17,18)16-15(2)3/h15-16H,4-14H2,1-3H3. The van der Waals surface area contributed by atoms with Gasteiger partial charge in [0.2, 0.25) is 10.0 Å². The normalized spacial score (nSPS) is 12.2. The number of unbranched alkanes of at least 4 members (excludes halogenated alkanes) is 9. The van der Waals surface area contributed by atoms with Crippen LogP contribution in [-0.4, -0.2) is 20.2 Å². The van der Waals surface area contributed by atoms with E-state index in [0.717, 1.165) is 12.8 Å². The van der Waals surface area contributed by atoms with Gasteiger partial charge in [-0.05, 0) is 20.3 Å². The molecule has 0 saturated carbocycles. The van der Waals surface area contributed by atoms with Gasteiger partial charge in [-0.3, -0.25) is 0 Å². The van der Waals surface area contributed by atoms with E-state index in [-0.39, 0.29) is 11.8 Å². The fraction of sp³-hybridized carbons (Fsp3) is 1.00. The number of nitrogens with one attached hydrogen (secondary N) is 1. The van der Waals surface area contributed by atoms with Crippen molar-refractivity contribution < 1.29 is 8.42 Å². The lowest BCUT2D eigenvalue weighted by molar-refractivity contribution is 0.550. The van der Waals surface area contributed by atoms with Crippen molar-refractivity contribution in [3.8, 4) is 0 Å². The number of hydrogen-bond acceptors (Lipinski definition) is 2. The Morgan fingerprint density at radius 1 is 0.789 bits per heavy atom. The summed E-state index contributed by atoms with van der Waals surface area (Å²) in [5, 5.41) is 0. The predicted octanol–water partition coefficient (Wildman–Crippen LogP) is 4.24. The molecule has 0 atom stereocenters. The molecule has 0 aliphatic heterocycles. The molecule has 0 radical (unpaired) electrons. The minimum Gasteiger partial charge on any atom is -0.213 e. The molecule has 0 rings (SSSR count). The SMILES string of the molecule is CCCCCCCCCCCCS(=O)(=O)NC(C)C. The molecule has 0 amide bonds. The third kappa shape index (κ3) is 14.1. The topological polar surface area (TPSA) is 46.2 Å². The molecule has 0 bridgehead atoms. The lowest BCUT2D eigenvalue weighted by Crippen LogP contribution is -2.32. The quantitative estimate of drug-likeness (QED) is 0.516. The summed E-state index contributed by atoms with van der Waals surface area (Å²) in [6.45, 7) is 5.95. The second kappa shape index (κ2) is 11.7. The molecule has 0 aliphatic rings. The molecule has 0 fully saturated rings. The molecule has 0 heterocycles. The van der Waals surface area contributed by atoms with Gasteiger partial charge in [0.05, 0.1) is 5.75 Å². The Morgan fingerprint density at radius 2 is 1.21 bits per heavy atom. The summed E-state index contributed by atoms with van der Waals surface area (Å²) >= 11 is 0. The van der Waals surface area contributed by atoms with Crippen LogP contribution in [0.15, 0.2) is 0 Å². The molecule has 0 aromatic carbocycles. The van der Waals surface area contributed by atoms with Gasteiger partial charge in [-0.25, -0.2) is 13.1 Å². The summed E-state index contributed by atoms with van der Waals surface area (Å²) in [5.74, 6) is 0.279. The third-order valence-electron chi connectivity index (χ3n) is 3.18. The fourth-order valence-corrected chi connectivity index (χ4v) is 3.62. The van der Waals surface area contributed by atoms with Crippen molar-refractivity contribution in [3.05, 3.63) is 0 Å². The predicted molar refractivity (Wildman–Crippen MR) is 83.9 cm³/mol. The first kappa shape index (κ1) is 18.9. The Kier molecular flexibility index (Phi) is 11.7. The smallest absolute Gasteiger partial charge is 0.211 e. The van der Waals surface area contributed by atoms with Gasteiger partial charge in [0.25, 0.3) is 0 Å². The van der Waals surface area contributed by atoms with Gasteiger partial charge >= 0.3 is 0 Å². The Bertz CT molecular complexity index is 287. The Balaban J connectivity index is 3.31. The first-order chi connectivity index (χ1) is 8.98. The summed E-state index contributed by atoms with van der Waals surface area (Å²) < 4.78 is 25.8. The van der Waals surface area contributed by atoms with E-state index in [1.54, 1.807) is 0 Å². The monoisotopic (exact) mass is 291 g/mol. The van der Waals surface area contributed by atoms with Crippen molar-refractivity contribution in [1.29, 1.82) is 0 Å². The zero-order valence-corrected chi connectivity index (χ0v) is 13.9. The van der Waals surface area contributed by atoms with Crippen molar-refractivity contribution in [2.75, 3.05) is 5.75 Å². The highest BCUT2D eigenvalue weighted by Crippen LogP contribution is 2.10. The molecule has 0 aromatic heterocycles. The van der Waals surface area contributed by atoms with Gasteiger partial charge in [-0.1, -0.05) is 64.7 Å². The molecule has 0 saturated heterocycles. The molecule has 0 spiro atoms. The zero-order chi connectivity index (χ0) is 14.6. The van der Waals surface area contributed by atoms with E-state index < -0.39 is 10.0 Å². The van der Waals surface area contributed by atoms with Gasteiger partial charge < -0.3 is 0 Å². The van der Waals surface area contributed by atoms with Crippen LogP contribution >= 0.6 is 0 Å². The minimum atomic E-state index is -3.04. The highest BCUT2D eigenvalue weighted by molar-refractivity contribution is 7.89. The van der Waals surface area contributed by atoms with Crippen molar-refractivity contribution in [3.63, 3.8) is 0 Å². The van der Waals surface area contributed by atoms with Gasteiger partial charge in [-0.15, -0.1) is 0 Å². The average molecular weight is 292 g/mol. The summed E-state index contributed by atoms with van der Waals surface area (Å²) in [6, 6.07) is 0.00752. The van der Waals surface area contributed by atoms with Gasteiger partial charge in [0.1, 0.15) is 0 Å². The van der Waals surface area contributed by atoms with E-state index in [2.05, 4.69) is 11.6 Å². The molecule has 0 aliphatic carbocycles. The molecule has 19 heavy (non-hydrogen) atoms. The second-order valence-electron chi connectivity index (χ2n) is 5.77. The van der Waals surface area contributed by atoms with Crippen LogP contribution in [0.25, 0.3) is 0 Å². The van der Waals surface area contributed by atoms with Crippen molar-refractivity contribution in [1.82, 2.24) is 4.72 Å². The average Bonchev–Trinajstić information content (AvgIpc) is 2.30. The summed E-state index contributed by atoms with van der Waals surface area (Å²) in [7, 11) is -3.04. The van der Waals surface area contributed by atoms with Crippen LogP contribution in [0, 0.1) is 0 Å². The van der Waals surface area contributed by atoms with E-state index in [1.165, 1.54) is 51.4 Å². The van der Waals surface area contributed by atoms with Crippen LogP contribution in [0.2, 0.25) is 0 Å². The van der Waals surface area contributed by atoms with Crippen LogP contribution in [0.4, 0.5) is 0 Å². The summed E-state index contributed by atoms with van der Waals surface area (Å²) in [6.07, 6.45) is 12.3. The first-order valence-corrected chi connectivity index (χ1v) is 9.63. The van der Waals surface area contributed by atoms with E-state index in [9.17, 15) is 8.42 Å². The molecular weight excluding hydrogens is 258 g/mol. The van der Waals surface area contributed by atoms with Gasteiger partial charge in [0.15, 0.2) is 0 Å². The third-order valence-corrected chi connectivity index (χ3v) is 4.84. The second-order valence-corrected chi connectivity index (χ2v) is 7.65. The fourth-order valence-electron chi connectivity index (χ4n) is 2.20. The van der Waals surface area contributed by atoms with Crippen molar-refractivity contribution in [2.24, 2.45) is 0 Å². The lowest BCUT2D eigenvalue weighted by Gasteiger charge is -2.09. The highest BCUT2D eigenvalue weighted by atomic mass is 32.2. The van der Waals surface area contributed by atoms with E-state index in [4.69, 9.17) is 0 Å². The molecule has 4 heteroatoms. The molecule has 1 N–H and O–H groups in total. The van der Waals surface area contributed by atoms with Crippen molar-refractivity contribution >= 4 is 10.0 Å². The summed E-state index contributed by atoms with van der Waals surface area (Å²) in [5.41, 5.74) is 0. The van der Waals surface area contributed by atoms with Gasteiger partial charge in [0, 0.05) is 6.04 Å². The largest absolute Gasteiger partial charge is 0.213 e. The Morgan fingerprint density at radius 3 is 1.63 bits per heavy atom. The minimum absolute atomic E-state index is 0.00752. The Hall–Kier alpha value is -0.0900. The maximum Gasteiger partial charge on any atom is 0.211 e. The summed E-state index contributed by atoms with van der Waals surface area (Å²) in [4.78, 5) is 0. The molecule has 3 nitrogen and oxygen atoms in total. The van der Waals surface area contributed by atoms with Crippen LogP contribution in [0.1, 0.15) is 85.0 Å². The van der Waals surface area contributed by atoms with Crippen LogP contribution in [0.5, 0.6) is 0 Å². The lowest BCUT2D eigenvalue weighted by atomic mass is 10.1. The van der Waals surface area contributed by atoms with E-state index in [1.807, 2.05) is 13.8 Å². The number of rotatable bonds is 13.